The molecule has 3 N–H and O–H groups in total. The summed E-state index contributed by atoms with van der Waals surface area (Å²) in [4.78, 5) is 20.2. The molecule has 1 aromatic carbocycles. The van der Waals surface area contributed by atoms with Gasteiger partial charge < -0.3 is 16.0 Å². The largest absolute Gasteiger partial charge is 0.356 e. The van der Waals surface area contributed by atoms with Gasteiger partial charge in [0.05, 0.1) is 18.4 Å². The maximum Gasteiger partial charge on any atom is 0.243 e. The van der Waals surface area contributed by atoms with E-state index in [1.807, 2.05) is 6.07 Å². The van der Waals surface area contributed by atoms with Crippen molar-refractivity contribution in [1.82, 2.24) is 15.6 Å². The Morgan fingerprint density at radius 3 is 2.63 bits per heavy atom. The van der Waals surface area contributed by atoms with Crippen molar-refractivity contribution >= 4 is 57.5 Å². The van der Waals surface area contributed by atoms with E-state index >= 15 is 0 Å². The number of halogens is 2. The van der Waals surface area contributed by atoms with Gasteiger partial charge in [-0.05, 0) is 36.6 Å². The van der Waals surface area contributed by atoms with Gasteiger partial charge in [-0.25, -0.2) is 0 Å². The van der Waals surface area contributed by atoms with Crippen molar-refractivity contribution in [2.24, 2.45) is 4.99 Å². The molecular formula is C19H23BrIN5O. The third-order valence-corrected chi connectivity index (χ3v) is 5.17. The van der Waals surface area contributed by atoms with E-state index in [-0.39, 0.29) is 41.8 Å². The van der Waals surface area contributed by atoms with Gasteiger partial charge in [-0.15, -0.1) is 24.0 Å². The third kappa shape index (κ3) is 5.90. The minimum absolute atomic E-state index is 0. The van der Waals surface area contributed by atoms with Crippen LogP contribution in [0.1, 0.15) is 18.4 Å². The average molecular weight is 544 g/mol. The minimum atomic E-state index is -0.145. The van der Waals surface area contributed by atoms with Gasteiger partial charge in [0.15, 0.2) is 5.96 Å². The van der Waals surface area contributed by atoms with E-state index in [0.717, 1.165) is 23.9 Å². The molecule has 27 heavy (non-hydrogen) atoms. The van der Waals surface area contributed by atoms with Crippen LogP contribution in [0.25, 0.3) is 0 Å². The van der Waals surface area contributed by atoms with Crippen LogP contribution in [0, 0.1) is 0 Å². The summed E-state index contributed by atoms with van der Waals surface area (Å²) in [6, 6.07) is 11.9. The fourth-order valence-electron chi connectivity index (χ4n) is 2.86. The monoisotopic (exact) mass is 543 g/mol. The Hall–Kier alpha value is -1.68. The quantitative estimate of drug-likeness (QED) is 0.297. The summed E-state index contributed by atoms with van der Waals surface area (Å²) in [5.41, 5.74) is 2.13. The van der Waals surface area contributed by atoms with Crippen molar-refractivity contribution in [3.8, 4) is 0 Å². The molecule has 1 aliphatic carbocycles. The fraction of sp³-hybridized carbons (Fsp3) is 0.316. The number of rotatable bonds is 6. The summed E-state index contributed by atoms with van der Waals surface area (Å²) < 4.78 is 1.14. The molecule has 144 valence electrons. The Bertz CT molecular complexity index is 796. The summed E-state index contributed by atoms with van der Waals surface area (Å²) in [6.45, 7) is 0.913. The predicted octanol–water partition coefficient (Wildman–Crippen LogP) is 3.30. The van der Waals surface area contributed by atoms with Crippen LogP contribution in [0.15, 0.2) is 58.3 Å². The normalized spacial score (nSPS) is 14.7. The Morgan fingerprint density at radius 2 is 2.00 bits per heavy atom. The number of guanidine groups is 1. The van der Waals surface area contributed by atoms with Crippen LogP contribution in [0.5, 0.6) is 0 Å². The zero-order valence-electron chi connectivity index (χ0n) is 15.0. The van der Waals surface area contributed by atoms with E-state index in [0.29, 0.717) is 11.6 Å². The van der Waals surface area contributed by atoms with Crippen LogP contribution >= 0.6 is 39.9 Å². The molecule has 0 saturated heterocycles. The summed E-state index contributed by atoms with van der Waals surface area (Å²) in [5.74, 6) is 0.470. The predicted molar refractivity (Wildman–Crippen MR) is 123 cm³/mol. The molecule has 1 aliphatic rings. The van der Waals surface area contributed by atoms with Gasteiger partial charge in [0.25, 0.3) is 0 Å². The van der Waals surface area contributed by atoms with E-state index in [4.69, 9.17) is 0 Å². The first kappa shape index (κ1) is 21.6. The van der Waals surface area contributed by atoms with E-state index in [1.54, 1.807) is 31.6 Å². The van der Waals surface area contributed by atoms with Crippen molar-refractivity contribution in [1.29, 1.82) is 0 Å². The number of aromatic nitrogens is 1. The topological polar surface area (TPSA) is 78.4 Å². The van der Waals surface area contributed by atoms with E-state index in [1.165, 1.54) is 5.56 Å². The van der Waals surface area contributed by atoms with Crippen molar-refractivity contribution in [2.45, 2.75) is 18.3 Å². The van der Waals surface area contributed by atoms with Crippen LogP contribution in [0.4, 0.5) is 5.69 Å². The van der Waals surface area contributed by atoms with Gasteiger partial charge in [-0.2, -0.15) is 0 Å². The maximum absolute atomic E-state index is 12.0. The number of hydrogen-bond acceptors (Lipinski definition) is 3. The number of amides is 1. The molecule has 0 bridgehead atoms. The molecule has 0 spiro atoms. The third-order valence-electron chi connectivity index (χ3n) is 4.48. The van der Waals surface area contributed by atoms with Crippen LogP contribution in [-0.4, -0.2) is 37.0 Å². The zero-order chi connectivity index (χ0) is 18.4. The molecule has 1 aromatic heterocycles. The highest BCUT2D eigenvalue weighted by Crippen LogP contribution is 2.49. The van der Waals surface area contributed by atoms with E-state index in [2.05, 4.69) is 60.1 Å². The Kier molecular flexibility index (Phi) is 8.03. The Balaban J connectivity index is 0.00000261. The first-order chi connectivity index (χ1) is 12.6. The summed E-state index contributed by atoms with van der Waals surface area (Å²) in [6.07, 6.45) is 5.56. The number of hydrogen-bond donors (Lipinski definition) is 3. The lowest BCUT2D eigenvalue weighted by Crippen LogP contribution is -2.44. The number of nitrogens with one attached hydrogen (secondary N) is 3. The van der Waals surface area contributed by atoms with Crippen LogP contribution < -0.4 is 16.0 Å². The molecule has 0 aliphatic heterocycles. The van der Waals surface area contributed by atoms with Crippen molar-refractivity contribution in [3.05, 3.63) is 58.8 Å². The molecule has 0 radical (unpaired) electrons. The molecule has 1 saturated carbocycles. The summed E-state index contributed by atoms with van der Waals surface area (Å²) in [5, 5.41) is 9.18. The van der Waals surface area contributed by atoms with Gasteiger partial charge in [-0.1, -0.05) is 34.1 Å². The Labute approximate surface area is 184 Å². The number of anilines is 1. The van der Waals surface area contributed by atoms with Crippen LogP contribution in [-0.2, 0) is 10.2 Å². The number of pyridine rings is 1. The second-order valence-corrected chi connectivity index (χ2v) is 7.18. The molecular weight excluding hydrogens is 521 g/mol. The SMILES string of the molecule is CN=C(NCC(=O)Nc1cccnc1)NCC1(c2ccccc2Br)CC1.I. The lowest BCUT2D eigenvalue weighted by Gasteiger charge is -2.20. The van der Waals surface area contributed by atoms with Gasteiger partial charge in [0.1, 0.15) is 0 Å². The van der Waals surface area contributed by atoms with Gasteiger partial charge >= 0.3 is 0 Å². The van der Waals surface area contributed by atoms with Crippen molar-refractivity contribution in [2.75, 3.05) is 25.5 Å². The number of nitrogens with zero attached hydrogens (tertiary/aromatic N) is 2. The molecule has 2 aromatic rings. The number of carbonyl (C=O) groups excluding carboxylic acids is 1. The van der Waals surface area contributed by atoms with Crippen LogP contribution in [0.3, 0.4) is 0 Å². The maximum atomic E-state index is 12.0. The summed E-state index contributed by atoms with van der Waals surface area (Å²) >= 11 is 3.65. The molecule has 1 heterocycles. The fourth-order valence-corrected chi connectivity index (χ4v) is 3.57. The lowest BCUT2D eigenvalue weighted by molar-refractivity contribution is -0.115. The molecule has 0 unspecified atom stereocenters. The van der Waals surface area contributed by atoms with Gasteiger partial charge in [0.2, 0.25) is 5.91 Å². The highest BCUT2D eigenvalue weighted by Gasteiger charge is 2.45. The van der Waals surface area contributed by atoms with Gasteiger partial charge in [-0.3, -0.25) is 14.8 Å². The number of benzene rings is 1. The molecule has 1 fully saturated rings. The molecule has 1 amide bonds. The smallest absolute Gasteiger partial charge is 0.243 e. The first-order valence-electron chi connectivity index (χ1n) is 8.52. The zero-order valence-corrected chi connectivity index (χ0v) is 19.0. The molecule has 6 nitrogen and oxygen atoms in total. The molecule has 8 heteroatoms. The number of carbonyl (C=O) groups is 1. The highest BCUT2D eigenvalue weighted by molar-refractivity contribution is 14.0. The van der Waals surface area contributed by atoms with Crippen molar-refractivity contribution < 1.29 is 4.79 Å². The molecule has 3 rings (SSSR count). The minimum Gasteiger partial charge on any atom is -0.356 e. The second-order valence-electron chi connectivity index (χ2n) is 6.33. The summed E-state index contributed by atoms with van der Waals surface area (Å²) in [7, 11) is 1.70. The van der Waals surface area contributed by atoms with E-state index < -0.39 is 0 Å². The highest BCUT2D eigenvalue weighted by atomic mass is 127. The number of aliphatic imine (C=N–C) groups is 1. The van der Waals surface area contributed by atoms with Crippen molar-refractivity contribution in [3.63, 3.8) is 0 Å². The standard InChI is InChI=1S/C19H22BrN5O.HI/c1-21-18(23-12-17(26)25-14-5-4-10-22-11-14)24-13-19(8-9-19)15-6-2-3-7-16(15)20;/h2-7,10-11H,8-9,12-13H2,1H3,(H,25,26)(H2,21,23,24);1H. The van der Waals surface area contributed by atoms with Gasteiger partial charge in [0, 0.05) is 29.7 Å². The van der Waals surface area contributed by atoms with Crippen LogP contribution in [0.2, 0.25) is 0 Å². The lowest BCUT2D eigenvalue weighted by atomic mass is 9.96. The molecule has 0 atom stereocenters. The average Bonchev–Trinajstić information content (AvgIpc) is 3.44. The second kappa shape index (κ2) is 10.0. The Morgan fingerprint density at radius 1 is 1.22 bits per heavy atom. The first-order valence-corrected chi connectivity index (χ1v) is 9.32. The van der Waals surface area contributed by atoms with E-state index in [9.17, 15) is 4.79 Å².